The monoisotopic (exact) mass is 293 g/mol. The lowest BCUT2D eigenvalue weighted by molar-refractivity contribution is 0.0806. The van der Waals surface area contributed by atoms with E-state index in [0.717, 1.165) is 5.69 Å². The summed E-state index contributed by atoms with van der Waals surface area (Å²) >= 11 is 0. The number of carbonyl (C=O) groups is 1. The first kappa shape index (κ1) is 17.3. The highest BCUT2D eigenvalue weighted by Gasteiger charge is 2.20. The number of hydrogen-bond acceptors (Lipinski definition) is 4. The van der Waals surface area contributed by atoms with Gasteiger partial charge in [0.05, 0.1) is 18.2 Å². The Morgan fingerprint density at radius 1 is 1.38 bits per heavy atom. The zero-order valence-corrected chi connectivity index (χ0v) is 13.6. The molecule has 1 rings (SSSR count). The maximum Gasteiger partial charge on any atom is 0.253 e. The summed E-state index contributed by atoms with van der Waals surface area (Å²) in [5, 5.41) is 3.04. The summed E-state index contributed by atoms with van der Waals surface area (Å²) in [6.45, 7) is 7.23. The third-order valence-corrected chi connectivity index (χ3v) is 3.37. The first-order valence-corrected chi connectivity index (χ1v) is 7.32. The molecule has 5 heteroatoms. The van der Waals surface area contributed by atoms with Gasteiger partial charge in [-0.1, -0.05) is 13.8 Å². The van der Waals surface area contributed by atoms with E-state index in [2.05, 4.69) is 19.2 Å². The lowest BCUT2D eigenvalue weighted by atomic mass is 10.0. The van der Waals surface area contributed by atoms with Crippen molar-refractivity contribution in [1.29, 1.82) is 0 Å². The summed E-state index contributed by atoms with van der Waals surface area (Å²) in [5.41, 5.74) is 7.83. The van der Waals surface area contributed by atoms with Crippen LogP contribution in [0.2, 0.25) is 0 Å². The highest BCUT2D eigenvalue weighted by molar-refractivity contribution is 6.00. The lowest BCUT2D eigenvalue weighted by Gasteiger charge is -2.24. The van der Waals surface area contributed by atoms with Crippen molar-refractivity contribution in [3.63, 3.8) is 0 Å². The van der Waals surface area contributed by atoms with Crippen molar-refractivity contribution in [2.24, 2.45) is 5.92 Å². The predicted molar refractivity (Wildman–Crippen MR) is 87.8 cm³/mol. The SMILES string of the molecule is CCOCC(NC(=O)c1cc(N)ccc1N(C)C)C(C)C. The Hall–Kier alpha value is -1.75. The van der Waals surface area contributed by atoms with Gasteiger partial charge in [0.2, 0.25) is 0 Å². The molecular weight excluding hydrogens is 266 g/mol. The predicted octanol–water partition coefficient (Wildman–Crippen LogP) is 2.13. The number of nitrogens with two attached hydrogens (primary N) is 1. The van der Waals surface area contributed by atoms with Crippen LogP contribution in [0.25, 0.3) is 0 Å². The molecule has 1 atom stereocenters. The van der Waals surface area contributed by atoms with Gasteiger partial charge in [-0.15, -0.1) is 0 Å². The fourth-order valence-electron chi connectivity index (χ4n) is 2.02. The number of hydrogen-bond donors (Lipinski definition) is 2. The zero-order valence-electron chi connectivity index (χ0n) is 13.6. The summed E-state index contributed by atoms with van der Waals surface area (Å²) < 4.78 is 5.45. The molecule has 0 heterocycles. The first-order valence-electron chi connectivity index (χ1n) is 7.32. The second-order valence-electron chi connectivity index (χ2n) is 5.65. The number of anilines is 2. The Balaban J connectivity index is 2.94. The highest BCUT2D eigenvalue weighted by Crippen LogP contribution is 2.21. The van der Waals surface area contributed by atoms with Crippen LogP contribution in [0.1, 0.15) is 31.1 Å². The Bertz CT molecular complexity index is 473. The number of rotatable bonds is 7. The van der Waals surface area contributed by atoms with Crippen LogP contribution in [0.15, 0.2) is 18.2 Å². The normalized spacial score (nSPS) is 12.3. The Morgan fingerprint density at radius 2 is 2.05 bits per heavy atom. The van der Waals surface area contributed by atoms with Crippen LogP contribution in [0.4, 0.5) is 11.4 Å². The fraction of sp³-hybridized carbons (Fsp3) is 0.562. The number of benzene rings is 1. The third kappa shape index (κ3) is 4.93. The Morgan fingerprint density at radius 3 is 2.57 bits per heavy atom. The molecule has 1 amide bonds. The van der Waals surface area contributed by atoms with E-state index in [-0.39, 0.29) is 11.9 Å². The van der Waals surface area contributed by atoms with Crippen molar-refractivity contribution in [3.8, 4) is 0 Å². The van der Waals surface area contributed by atoms with E-state index in [9.17, 15) is 4.79 Å². The molecule has 0 aliphatic carbocycles. The molecule has 0 aliphatic rings. The maximum absolute atomic E-state index is 12.6. The van der Waals surface area contributed by atoms with Gasteiger partial charge < -0.3 is 20.7 Å². The summed E-state index contributed by atoms with van der Waals surface area (Å²) in [6.07, 6.45) is 0. The van der Waals surface area contributed by atoms with Crippen molar-refractivity contribution in [2.75, 3.05) is 37.9 Å². The molecule has 3 N–H and O–H groups in total. The van der Waals surface area contributed by atoms with Crippen molar-refractivity contribution in [1.82, 2.24) is 5.32 Å². The van der Waals surface area contributed by atoms with Crippen LogP contribution in [0.3, 0.4) is 0 Å². The van der Waals surface area contributed by atoms with Crippen LogP contribution in [-0.4, -0.2) is 39.3 Å². The summed E-state index contributed by atoms with van der Waals surface area (Å²) in [6, 6.07) is 5.35. The van der Waals surface area contributed by atoms with Gasteiger partial charge in [0.1, 0.15) is 0 Å². The molecule has 0 spiro atoms. The maximum atomic E-state index is 12.6. The van der Waals surface area contributed by atoms with Gasteiger partial charge in [-0.25, -0.2) is 0 Å². The molecule has 0 aliphatic heterocycles. The van der Waals surface area contributed by atoms with Gasteiger partial charge in [0.15, 0.2) is 0 Å². The Kier molecular flexibility index (Phi) is 6.49. The third-order valence-electron chi connectivity index (χ3n) is 3.37. The second-order valence-corrected chi connectivity index (χ2v) is 5.65. The number of carbonyl (C=O) groups excluding carboxylic acids is 1. The molecule has 5 nitrogen and oxygen atoms in total. The van der Waals surface area contributed by atoms with Gasteiger partial charge in [0.25, 0.3) is 5.91 Å². The molecule has 1 aromatic rings. The largest absolute Gasteiger partial charge is 0.399 e. The van der Waals surface area contributed by atoms with Crippen LogP contribution in [-0.2, 0) is 4.74 Å². The zero-order chi connectivity index (χ0) is 16.0. The van der Waals surface area contributed by atoms with Crippen molar-refractivity contribution < 1.29 is 9.53 Å². The minimum absolute atomic E-state index is 0.0195. The number of nitrogens with zero attached hydrogens (tertiary/aromatic N) is 1. The number of ether oxygens (including phenoxy) is 1. The summed E-state index contributed by atoms with van der Waals surface area (Å²) in [4.78, 5) is 14.5. The quantitative estimate of drug-likeness (QED) is 0.756. The second kappa shape index (κ2) is 7.88. The van der Waals surface area contributed by atoms with Gasteiger partial charge in [-0.3, -0.25) is 4.79 Å². The minimum atomic E-state index is -0.121. The molecule has 118 valence electrons. The average molecular weight is 293 g/mol. The van der Waals surface area contributed by atoms with Crippen LogP contribution in [0, 0.1) is 5.92 Å². The molecule has 0 saturated heterocycles. The molecule has 21 heavy (non-hydrogen) atoms. The first-order chi connectivity index (χ1) is 9.86. The van der Waals surface area contributed by atoms with Gasteiger partial charge in [-0.2, -0.15) is 0 Å². The standard InChI is InChI=1S/C16H27N3O2/c1-6-21-10-14(11(2)3)18-16(20)13-9-12(17)7-8-15(13)19(4)5/h7-9,11,14H,6,10,17H2,1-5H3,(H,18,20). The molecule has 0 radical (unpaired) electrons. The topological polar surface area (TPSA) is 67.6 Å². The average Bonchev–Trinajstić information content (AvgIpc) is 2.42. The van der Waals surface area contributed by atoms with E-state index >= 15 is 0 Å². The molecule has 0 aromatic heterocycles. The lowest BCUT2D eigenvalue weighted by Crippen LogP contribution is -2.42. The molecule has 0 fully saturated rings. The molecule has 1 unspecified atom stereocenters. The van der Waals surface area contributed by atoms with Crippen molar-refractivity contribution >= 4 is 17.3 Å². The minimum Gasteiger partial charge on any atom is -0.399 e. The van der Waals surface area contributed by atoms with Crippen molar-refractivity contribution in [2.45, 2.75) is 26.8 Å². The highest BCUT2D eigenvalue weighted by atomic mass is 16.5. The van der Waals surface area contributed by atoms with Gasteiger partial charge in [0, 0.05) is 32.1 Å². The molecule has 0 saturated carbocycles. The summed E-state index contributed by atoms with van der Waals surface area (Å²) in [5.74, 6) is 0.175. The van der Waals surface area contributed by atoms with Crippen LogP contribution in [0.5, 0.6) is 0 Å². The van der Waals surface area contributed by atoms with E-state index < -0.39 is 0 Å². The number of amides is 1. The van der Waals surface area contributed by atoms with Crippen molar-refractivity contribution in [3.05, 3.63) is 23.8 Å². The van der Waals surface area contributed by atoms with Gasteiger partial charge in [-0.05, 0) is 31.0 Å². The van der Waals surface area contributed by atoms with Crippen LogP contribution >= 0.6 is 0 Å². The van der Waals surface area contributed by atoms with E-state index in [1.807, 2.05) is 32.0 Å². The van der Waals surface area contributed by atoms with E-state index in [1.54, 1.807) is 12.1 Å². The van der Waals surface area contributed by atoms with E-state index in [4.69, 9.17) is 10.5 Å². The molecule has 1 aromatic carbocycles. The van der Waals surface area contributed by atoms with E-state index in [0.29, 0.717) is 30.4 Å². The number of nitrogen functional groups attached to an aromatic ring is 1. The Labute approximate surface area is 127 Å². The van der Waals surface area contributed by atoms with Gasteiger partial charge >= 0.3 is 0 Å². The molecular formula is C16H27N3O2. The molecule has 0 bridgehead atoms. The summed E-state index contributed by atoms with van der Waals surface area (Å²) in [7, 11) is 3.81. The smallest absolute Gasteiger partial charge is 0.253 e. The van der Waals surface area contributed by atoms with E-state index in [1.165, 1.54) is 0 Å². The fourth-order valence-corrected chi connectivity index (χ4v) is 2.02. The van der Waals surface area contributed by atoms with Crippen LogP contribution < -0.4 is 16.0 Å². The number of nitrogens with one attached hydrogen (secondary N) is 1.